The van der Waals surface area contributed by atoms with Crippen molar-refractivity contribution in [1.82, 2.24) is 20.1 Å². The van der Waals surface area contributed by atoms with Crippen LogP contribution in [-0.2, 0) is 0 Å². The topological polar surface area (TPSA) is 95.0 Å². The van der Waals surface area contributed by atoms with Crippen LogP contribution >= 0.6 is 0 Å². The molecular formula is C25H38N4O4. The van der Waals surface area contributed by atoms with Gasteiger partial charge in [-0.2, -0.15) is 0 Å². The number of likely N-dealkylation sites (N-methyl/N-ethyl adjacent to an activating group) is 1. The van der Waals surface area contributed by atoms with Crippen LogP contribution in [0.25, 0.3) is 5.57 Å². The number of ether oxygens (including phenoxy) is 1. The zero-order valence-corrected chi connectivity index (χ0v) is 20.3. The fourth-order valence-corrected chi connectivity index (χ4v) is 4.32. The molecule has 0 aromatic carbocycles. The molecule has 0 saturated carbocycles. The lowest BCUT2D eigenvalue weighted by atomic mass is 9.93. The molecule has 0 saturated heterocycles. The standard InChI is InChI=1S/C25H38N4O4/c1-5-11-26-25(32)28(4)15-22-17(2)14-29(18(3)16-30)24(31)21-12-20(13-27-23(21)33-22)19-9-7-6-8-10-19/h9,12-13,17-18,22,30H,5-8,10-11,14-16H2,1-4H3,(H,26,32)/t17-,18+,22-/m1/s1. The molecule has 0 bridgehead atoms. The van der Waals surface area contributed by atoms with Crippen molar-refractivity contribution in [3.8, 4) is 5.88 Å². The molecule has 0 unspecified atom stereocenters. The molecule has 1 aliphatic heterocycles. The van der Waals surface area contributed by atoms with Crippen LogP contribution in [-0.4, -0.2) is 77.3 Å². The van der Waals surface area contributed by atoms with Gasteiger partial charge in [-0.15, -0.1) is 0 Å². The summed E-state index contributed by atoms with van der Waals surface area (Å²) in [4.78, 5) is 33.8. The predicted octanol–water partition coefficient (Wildman–Crippen LogP) is 3.31. The minimum atomic E-state index is -0.352. The molecule has 2 heterocycles. The van der Waals surface area contributed by atoms with E-state index in [1.54, 1.807) is 23.0 Å². The van der Waals surface area contributed by atoms with Gasteiger partial charge in [0.15, 0.2) is 0 Å². The number of urea groups is 1. The van der Waals surface area contributed by atoms with E-state index in [2.05, 4.69) is 16.4 Å². The minimum absolute atomic E-state index is 0.0694. The average Bonchev–Trinajstić information content (AvgIpc) is 2.84. The largest absolute Gasteiger partial charge is 0.472 e. The van der Waals surface area contributed by atoms with E-state index in [-0.39, 0.29) is 42.5 Å². The number of aliphatic hydroxyl groups excluding tert-OH is 1. The molecule has 3 rings (SSSR count). The number of amides is 3. The smallest absolute Gasteiger partial charge is 0.317 e. The molecule has 0 radical (unpaired) electrons. The molecule has 0 spiro atoms. The normalized spacial score (nSPS) is 21.8. The first-order chi connectivity index (χ1) is 15.8. The number of carbonyl (C=O) groups is 2. The Hall–Kier alpha value is -2.61. The zero-order valence-electron chi connectivity index (χ0n) is 20.3. The summed E-state index contributed by atoms with van der Waals surface area (Å²) in [6, 6.07) is 1.39. The monoisotopic (exact) mass is 458 g/mol. The van der Waals surface area contributed by atoms with Gasteiger partial charge in [-0.25, -0.2) is 9.78 Å². The molecular weight excluding hydrogens is 420 g/mol. The van der Waals surface area contributed by atoms with Crippen molar-refractivity contribution >= 4 is 17.5 Å². The van der Waals surface area contributed by atoms with Crippen LogP contribution in [0.1, 0.15) is 68.8 Å². The van der Waals surface area contributed by atoms with Crippen LogP contribution in [0, 0.1) is 5.92 Å². The Kier molecular flexibility index (Phi) is 8.72. The van der Waals surface area contributed by atoms with E-state index in [4.69, 9.17) is 4.74 Å². The average molecular weight is 459 g/mol. The minimum Gasteiger partial charge on any atom is -0.472 e. The number of hydrogen-bond donors (Lipinski definition) is 2. The summed E-state index contributed by atoms with van der Waals surface area (Å²) in [5.74, 6) is 0.0333. The van der Waals surface area contributed by atoms with Crippen molar-refractivity contribution in [3.63, 3.8) is 0 Å². The lowest BCUT2D eigenvalue weighted by Gasteiger charge is -2.37. The second-order valence-corrected chi connectivity index (χ2v) is 9.29. The van der Waals surface area contributed by atoms with Gasteiger partial charge < -0.3 is 25.0 Å². The maximum atomic E-state index is 13.5. The van der Waals surface area contributed by atoms with Gasteiger partial charge in [0.25, 0.3) is 5.91 Å². The first-order valence-corrected chi connectivity index (χ1v) is 12.1. The van der Waals surface area contributed by atoms with Gasteiger partial charge in [0.05, 0.1) is 19.2 Å². The molecule has 1 aromatic heterocycles. The number of hydrogen-bond acceptors (Lipinski definition) is 5. The Morgan fingerprint density at radius 1 is 1.42 bits per heavy atom. The zero-order chi connectivity index (χ0) is 24.0. The molecule has 0 fully saturated rings. The van der Waals surface area contributed by atoms with E-state index >= 15 is 0 Å². The van der Waals surface area contributed by atoms with Crippen molar-refractivity contribution in [2.75, 3.05) is 33.3 Å². The van der Waals surface area contributed by atoms with Crippen LogP contribution in [0.4, 0.5) is 4.79 Å². The highest BCUT2D eigenvalue weighted by Crippen LogP contribution is 2.32. The molecule has 33 heavy (non-hydrogen) atoms. The van der Waals surface area contributed by atoms with Gasteiger partial charge in [-0.1, -0.05) is 19.9 Å². The Labute approximate surface area is 197 Å². The Bertz CT molecular complexity index is 872. The van der Waals surface area contributed by atoms with Crippen molar-refractivity contribution in [2.45, 2.75) is 65.0 Å². The first kappa shape index (κ1) is 25.0. The third kappa shape index (κ3) is 6.05. The molecule has 2 N–H and O–H groups in total. The van der Waals surface area contributed by atoms with Crippen LogP contribution in [0.5, 0.6) is 5.88 Å². The highest BCUT2D eigenvalue weighted by Gasteiger charge is 2.34. The fourth-order valence-electron chi connectivity index (χ4n) is 4.32. The summed E-state index contributed by atoms with van der Waals surface area (Å²) in [6.45, 7) is 7.11. The molecule has 8 nitrogen and oxygen atoms in total. The molecule has 2 aliphatic rings. The number of nitrogens with one attached hydrogen (secondary N) is 1. The van der Waals surface area contributed by atoms with E-state index < -0.39 is 0 Å². The maximum absolute atomic E-state index is 13.5. The van der Waals surface area contributed by atoms with E-state index in [0.29, 0.717) is 25.2 Å². The third-order valence-corrected chi connectivity index (χ3v) is 6.51. The van der Waals surface area contributed by atoms with Gasteiger partial charge in [0.2, 0.25) is 5.88 Å². The number of nitrogens with zero attached hydrogens (tertiary/aromatic N) is 3. The van der Waals surface area contributed by atoms with Crippen LogP contribution < -0.4 is 10.1 Å². The number of rotatable bonds is 7. The van der Waals surface area contributed by atoms with Crippen molar-refractivity contribution < 1.29 is 19.4 Å². The number of allylic oxidation sites excluding steroid dienone is 2. The van der Waals surface area contributed by atoms with E-state index in [1.807, 2.05) is 26.8 Å². The van der Waals surface area contributed by atoms with Crippen molar-refractivity contribution in [3.05, 3.63) is 29.5 Å². The van der Waals surface area contributed by atoms with E-state index in [0.717, 1.165) is 31.2 Å². The van der Waals surface area contributed by atoms with E-state index in [1.165, 1.54) is 12.0 Å². The summed E-state index contributed by atoms with van der Waals surface area (Å²) < 4.78 is 6.29. The molecule has 1 aromatic rings. The van der Waals surface area contributed by atoms with Gasteiger partial charge in [-0.05, 0) is 56.2 Å². The van der Waals surface area contributed by atoms with Crippen LogP contribution in [0.2, 0.25) is 0 Å². The molecule has 1 aliphatic carbocycles. The lowest BCUT2D eigenvalue weighted by molar-refractivity contribution is 0.0352. The molecule has 3 amide bonds. The number of carbonyl (C=O) groups excluding carboxylic acids is 2. The number of fused-ring (bicyclic) bond motifs is 1. The van der Waals surface area contributed by atoms with Gasteiger partial charge in [-0.3, -0.25) is 4.79 Å². The summed E-state index contributed by atoms with van der Waals surface area (Å²) in [5, 5.41) is 12.7. The quantitative estimate of drug-likeness (QED) is 0.654. The predicted molar refractivity (Wildman–Crippen MR) is 128 cm³/mol. The molecule has 8 heteroatoms. The Morgan fingerprint density at radius 3 is 2.88 bits per heavy atom. The van der Waals surface area contributed by atoms with Crippen molar-refractivity contribution in [2.24, 2.45) is 5.92 Å². The van der Waals surface area contributed by atoms with Crippen molar-refractivity contribution in [1.29, 1.82) is 0 Å². The molecule has 182 valence electrons. The number of pyridine rings is 1. The Morgan fingerprint density at radius 2 is 2.21 bits per heavy atom. The second-order valence-electron chi connectivity index (χ2n) is 9.29. The Balaban J connectivity index is 1.93. The first-order valence-electron chi connectivity index (χ1n) is 12.1. The van der Waals surface area contributed by atoms with Crippen LogP contribution in [0.3, 0.4) is 0 Å². The summed E-state index contributed by atoms with van der Waals surface area (Å²) in [7, 11) is 1.74. The third-order valence-electron chi connectivity index (χ3n) is 6.51. The summed E-state index contributed by atoms with van der Waals surface area (Å²) >= 11 is 0. The molecule has 3 atom stereocenters. The van der Waals surface area contributed by atoms with Gasteiger partial charge in [0.1, 0.15) is 11.7 Å². The summed E-state index contributed by atoms with van der Waals surface area (Å²) in [6.07, 6.45) is 8.85. The van der Waals surface area contributed by atoms with E-state index in [9.17, 15) is 14.7 Å². The fraction of sp³-hybridized carbons (Fsp3) is 0.640. The number of aliphatic hydroxyl groups is 1. The van der Waals surface area contributed by atoms with Gasteiger partial charge >= 0.3 is 6.03 Å². The second kappa shape index (κ2) is 11.5. The maximum Gasteiger partial charge on any atom is 0.317 e. The lowest BCUT2D eigenvalue weighted by Crippen LogP contribution is -2.51. The number of aromatic nitrogens is 1. The van der Waals surface area contributed by atoms with Gasteiger partial charge in [0, 0.05) is 32.3 Å². The SMILES string of the molecule is CCCNC(=O)N(C)C[C@H]1Oc2ncc(C3=CCCCC3)cc2C(=O)N([C@@H](C)CO)C[C@H]1C. The highest BCUT2D eigenvalue weighted by atomic mass is 16.5. The highest BCUT2D eigenvalue weighted by molar-refractivity contribution is 5.97. The summed E-state index contributed by atoms with van der Waals surface area (Å²) in [5.41, 5.74) is 2.57. The van der Waals surface area contributed by atoms with Crippen LogP contribution in [0.15, 0.2) is 18.3 Å².